The first-order valence-electron chi connectivity index (χ1n) is 7.08. The Morgan fingerprint density at radius 2 is 2.35 bits per heavy atom. The molecule has 1 unspecified atom stereocenters. The van der Waals surface area contributed by atoms with Crippen molar-refractivity contribution in [2.75, 3.05) is 6.54 Å². The van der Waals surface area contributed by atoms with E-state index in [9.17, 15) is 9.90 Å². The molecule has 2 aromatic rings. The molecular formula is C17H18N4O2. The van der Waals surface area contributed by atoms with Gasteiger partial charge in [0, 0.05) is 24.9 Å². The largest absolute Gasteiger partial charge is 0.383 e. The van der Waals surface area contributed by atoms with Crippen molar-refractivity contribution in [2.45, 2.75) is 12.5 Å². The van der Waals surface area contributed by atoms with Crippen molar-refractivity contribution in [1.82, 2.24) is 15.1 Å². The van der Waals surface area contributed by atoms with Crippen LogP contribution in [0.25, 0.3) is 6.08 Å². The lowest BCUT2D eigenvalue weighted by Gasteiger charge is -2.21. The number of amides is 1. The van der Waals surface area contributed by atoms with Crippen molar-refractivity contribution in [3.63, 3.8) is 0 Å². The van der Waals surface area contributed by atoms with Crippen molar-refractivity contribution < 1.29 is 9.90 Å². The van der Waals surface area contributed by atoms with Gasteiger partial charge in [0.05, 0.1) is 24.4 Å². The first kappa shape index (κ1) is 16.5. The number of carbonyl (C=O) groups excluding carboxylic acids is 1. The quantitative estimate of drug-likeness (QED) is 0.815. The summed E-state index contributed by atoms with van der Waals surface area (Å²) in [5.41, 5.74) is 0.731. The van der Waals surface area contributed by atoms with Crippen LogP contribution in [0, 0.1) is 11.3 Å². The van der Waals surface area contributed by atoms with Crippen LogP contribution in [0.1, 0.15) is 23.6 Å². The molecule has 1 amide bonds. The standard InChI is InChI=1S/C17H18N4O2/c1-17(23,15-10-20-21(2)11-15)12-19-16(22)7-6-13-4-3-5-14(8-13)9-18/h3-8,10-11,23H,12H2,1-2H3,(H,19,22)/b7-6+. The molecule has 0 saturated carbocycles. The molecule has 1 heterocycles. The fraction of sp³-hybridized carbons (Fsp3) is 0.235. The van der Waals surface area contributed by atoms with Crippen LogP contribution in [-0.4, -0.2) is 27.3 Å². The number of nitrogens with one attached hydrogen (secondary N) is 1. The van der Waals surface area contributed by atoms with E-state index in [-0.39, 0.29) is 12.5 Å². The molecule has 1 atom stereocenters. The lowest BCUT2D eigenvalue weighted by Crippen LogP contribution is -2.37. The highest BCUT2D eigenvalue weighted by atomic mass is 16.3. The zero-order valence-electron chi connectivity index (χ0n) is 13.0. The highest BCUT2D eigenvalue weighted by Gasteiger charge is 2.24. The summed E-state index contributed by atoms with van der Waals surface area (Å²) in [6.07, 6.45) is 6.26. The second kappa shape index (κ2) is 6.90. The molecule has 0 spiro atoms. The van der Waals surface area contributed by atoms with E-state index in [1.807, 2.05) is 6.07 Å². The number of rotatable bonds is 5. The number of carbonyl (C=O) groups is 1. The molecule has 118 valence electrons. The van der Waals surface area contributed by atoms with Crippen molar-refractivity contribution in [1.29, 1.82) is 5.26 Å². The second-order valence-corrected chi connectivity index (χ2v) is 5.46. The Balaban J connectivity index is 1.94. The SMILES string of the molecule is Cn1cc(C(C)(O)CNC(=O)/C=C/c2cccc(C#N)c2)cn1. The second-order valence-electron chi connectivity index (χ2n) is 5.46. The molecule has 23 heavy (non-hydrogen) atoms. The zero-order valence-corrected chi connectivity index (χ0v) is 13.0. The number of nitrogens with zero attached hydrogens (tertiary/aromatic N) is 3. The molecule has 0 aliphatic rings. The maximum Gasteiger partial charge on any atom is 0.244 e. The number of hydrogen-bond donors (Lipinski definition) is 2. The van der Waals surface area contributed by atoms with Gasteiger partial charge in [-0.15, -0.1) is 0 Å². The summed E-state index contributed by atoms with van der Waals surface area (Å²) in [5, 5.41) is 25.9. The summed E-state index contributed by atoms with van der Waals surface area (Å²) in [5.74, 6) is -0.323. The normalized spacial score (nSPS) is 13.5. The lowest BCUT2D eigenvalue weighted by atomic mass is 10.00. The van der Waals surface area contributed by atoms with E-state index in [1.165, 1.54) is 6.08 Å². The number of nitriles is 1. The van der Waals surface area contributed by atoms with E-state index in [2.05, 4.69) is 10.4 Å². The summed E-state index contributed by atoms with van der Waals surface area (Å²) in [7, 11) is 1.76. The highest BCUT2D eigenvalue weighted by Crippen LogP contribution is 2.18. The number of benzene rings is 1. The molecule has 0 bridgehead atoms. The van der Waals surface area contributed by atoms with Gasteiger partial charge in [-0.05, 0) is 30.7 Å². The third-order valence-corrected chi connectivity index (χ3v) is 3.38. The van der Waals surface area contributed by atoms with E-state index in [0.717, 1.165) is 5.56 Å². The van der Waals surface area contributed by atoms with Gasteiger partial charge in [-0.1, -0.05) is 12.1 Å². The average Bonchev–Trinajstić information content (AvgIpc) is 2.98. The Morgan fingerprint density at radius 1 is 1.57 bits per heavy atom. The third kappa shape index (κ3) is 4.53. The monoisotopic (exact) mass is 310 g/mol. The molecule has 0 radical (unpaired) electrons. The van der Waals surface area contributed by atoms with Gasteiger partial charge in [0.1, 0.15) is 5.60 Å². The Morgan fingerprint density at radius 3 is 3.00 bits per heavy atom. The molecule has 0 aliphatic heterocycles. The fourth-order valence-corrected chi connectivity index (χ4v) is 2.00. The van der Waals surface area contributed by atoms with E-state index >= 15 is 0 Å². The molecule has 2 rings (SSSR count). The van der Waals surface area contributed by atoms with Gasteiger partial charge < -0.3 is 10.4 Å². The van der Waals surface area contributed by atoms with Gasteiger partial charge in [-0.2, -0.15) is 10.4 Å². The van der Waals surface area contributed by atoms with E-state index < -0.39 is 5.60 Å². The Hall–Kier alpha value is -2.91. The Kier molecular flexibility index (Phi) is 4.94. The van der Waals surface area contributed by atoms with E-state index in [0.29, 0.717) is 11.1 Å². The first-order chi connectivity index (χ1) is 10.9. The molecule has 6 heteroatoms. The zero-order chi connectivity index (χ0) is 16.9. The maximum absolute atomic E-state index is 11.9. The predicted molar refractivity (Wildman–Crippen MR) is 86.0 cm³/mol. The Labute approximate surface area is 134 Å². The first-order valence-corrected chi connectivity index (χ1v) is 7.08. The number of aliphatic hydroxyl groups is 1. The maximum atomic E-state index is 11.9. The van der Waals surface area contributed by atoms with Gasteiger partial charge in [0.25, 0.3) is 0 Å². The van der Waals surface area contributed by atoms with Crippen LogP contribution in [0.5, 0.6) is 0 Å². The molecule has 6 nitrogen and oxygen atoms in total. The van der Waals surface area contributed by atoms with Gasteiger partial charge in [0.2, 0.25) is 5.91 Å². The van der Waals surface area contributed by atoms with Gasteiger partial charge in [-0.3, -0.25) is 9.48 Å². The molecule has 0 fully saturated rings. The molecule has 0 saturated heterocycles. The smallest absolute Gasteiger partial charge is 0.244 e. The fourth-order valence-electron chi connectivity index (χ4n) is 2.00. The molecular weight excluding hydrogens is 292 g/mol. The van der Waals surface area contributed by atoms with Crippen LogP contribution < -0.4 is 5.32 Å². The summed E-state index contributed by atoms with van der Waals surface area (Å²) in [6, 6.07) is 8.99. The average molecular weight is 310 g/mol. The third-order valence-electron chi connectivity index (χ3n) is 3.38. The summed E-state index contributed by atoms with van der Waals surface area (Å²) in [4.78, 5) is 11.9. The number of aryl methyl sites for hydroxylation is 1. The highest BCUT2D eigenvalue weighted by molar-refractivity contribution is 5.91. The molecule has 2 N–H and O–H groups in total. The minimum atomic E-state index is -1.20. The number of aromatic nitrogens is 2. The summed E-state index contributed by atoms with van der Waals surface area (Å²) in [6.45, 7) is 1.69. The molecule has 1 aromatic heterocycles. The molecule has 1 aromatic carbocycles. The van der Waals surface area contributed by atoms with Crippen LogP contribution in [0.4, 0.5) is 0 Å². The van der Waals surface area contributed by atoms with Crippen LogP contribution in [-0.2, 0) is 17.4 Å². The number of hydrogen-bond acceptors (Lipinski definition) is 4. The topological polar surface area (TPSA) is 90.9 Å². The van der Waals surface area contributed by atoms with Gasteiger partial charge in [-0.25, -0.2) is 0 Å². The van der Waals surface area contributed by atoms with Crippen molar-refractivity contribution in [3.05, 3.63) is 59.4 Å². The summed E-state index contributed by atoms with van der Waals surface area (Å²) < 4.78 is 1.59. The van der Waals surface area contributed by atoms with E-state index in [1.54, 1.807) is 61.4 Å². The van der Waals surface area contributed by atoms with Crippen LogP contribution in [0.2, 0.25) is 0 Å². The minimum Gasteiger partial charge on any atom is -0.383 e. The lowest BCUT2D eigenvalue weighted by molar-refractivity contribution is -0.117. The predicted octanol–water partition coefficient (Wildman–Crippen LogP) is 1.33. The van der Waals surface area contributed by atoms with Crippen LogP contribution >= 0.6 is 0 Å². The Bertz CT molecular complexity index is 769. The van der Waals surface area contributed by atoms with Crippen molar-refractivity contribution >= 4 is 12.0 Å². The van der Waals surface area contributed by atoms with Crippen LogP contribution in [0.15, 0.2) is 42.7 Å². The molecule has 0 aliphatic carbocycles. The van der Waals surface area contributed by atoms with Gasteiger partial charge >= 0.3 is 0 Å². The van der Waals surface area contributed by atoms with E-state index in [4.69, 9.17) is 5.26 Å². The van der Waals surface area contributed by atoms with Crippen LogP contribution in [0.3, 0.4) is 0 Å². The van der Waals surface area contributed by atoms with Crippen molar-refractivity contribution in [2.24, 2.45) is 7.05 Å². The summed E-state index contributed by atoms with van der Waals surface area (Å²) >= 11 is 0. The van der Waals surface area contributed by atoms with Gasteiger partial charge in [0.15, 0.2) is 0 Å². The van der Waals surface area contributed by atoms with Crippen molar-refractivity contribution in [3.8, 4) is 6.07 Å². The minimum absolute atomic E-state index is 0.0695.